The lowest BCUT2D eigenvalue weighted by molar-refractivity contribution is -0.127. The van der Waals surface area contributed by atoms with E-state index in [9.17, 15) is 4.79 Å². The van der Waals surface area contributed by atoms with Crippen LogP contribution in [0.4, 0.5) is 0 Å². The third-order valence-electron chi connectivity index (χ3n) is 2.87. The fraction of sp³-hybridized carbons (Fsp3) is 0.667. The summed E-state index contributed by atoms with van der Waals surface area (Å²) in [5, 5.41) is 3.31. The molecule has 1 aromatic rings. The molecule has 88 valence electrons. The molecule has 1 aromatic heterocycles. The summed E-state index contributed by atoms with van der Waals surface area (Å²) in [7, 11) is 0. The van der Waals surface area contributed by atoms with Crippen molar-refractivity contribution in [3.8, 4) is 0 Å². The van der Waals surface area contributed by atoms with Crippen molar-refractivity contribution in [1.82, 2.24) is 9.88 Å². The van der Waals surface area contributed by atoms with Gasteiger partial charge in [0.05, 0.1) is 10.7 Å². The summed E-state index contributed by atoms with van der Waals surface area (Å²) in [4.78, 5) is 17.9. The second-order valence-electron chi connectivity index (χ2n) is 4.22. The van der Waals surface area contributed by atoms with E-state index in [-0.39, 0.29) is 0 Å². The monoisotopic (exact) mass is 238 g/mol. The minimum atomic E-state index is 0.310. The van der Waals surface area contributed by atoms with Gasteiger partial charge in [0.1, 0.15) is 0 Å². The predicted octanol–water partition coefficient (Wildman–Crippen LogP) is 2.26. The molecule has 4 heteroatoms. The maximum Gasteiger partial charge on any atom is 0.222 e. The Balaban J connectivity index is 1.82. The number of carbonyl (C=O) groups excluding carboxylic acids is 1. The van der Waals surface area contributed by atoms with Crippen molar-refractivity contribution in [3.63, 3.8) is 0 Å². The zero-order valence-corrected chi connectivity index (χ0v) is 10.6. The van der Waals surface area contributed by atoms with Gasteiger partial charge >= 0.3 is 0 Å². The van der Waals surface area contributed by atoms with Gasteiger partial charge in [-0.2, -0.15) is 0 Å². The van der Waals surface area contributed by atoms with E-state index in [1.165, 1.54) is 10.7 Å². The average Bonchev–Trinajstić information content (AvgIpc) is 2.86. The molecule has 1 aliphatic heterocycles. The smallest absolute Gasteiger partial charge is 0.222 e. The lowest BCUT2D eigenvalue weighted by atomic mass is 10.3. The van der Waals surface area contributed by atoms with Gasteiger partial charge in [-0.05, 0) is 12.8 Å². The lowest BCUT2D eigenvalue weighted by Crippen LogP contribution is -2.26. The Kier molecular flexibility index (Phi) is 3.93. The van der Waals surface area contributed by atoms with Crippen LogP contribution in [0.5, 0.6) is 0 Å². The van der Waals surface area contributed by atoms with E-state index in [2.05, 4.69) is 17.3 Å². The third-order valence-corrected chi connectivity index (χ3v) is 3.83. The largest absolute Gasteiger partial charge is 0.342 e. The number of hydrogen-bond acceptors (Lipinski definition) is 3. The highest BCUT2D eigenvalue weighted by Crippen LogP contribution is 2.14. The Bertz CT molecular complexity index is 362. The maximum atomic E-state index is 11.4. The minimum Gasteiger partial charge on any atom is -0.342 e. The Morgan fingerprint density at radius 1 is 1.50 bits per heavy atom. The third kappa shape index (κ3) is 2.82. The fourth-order valence-electron chi connectivity index (χ4n) is 2.01. The zero-order chi connectivity index (χ0) is 11.4. The number of hydrogen-bond donors (Lipinski definition) is 0. The summed E-state index contributed by atoms with van der Waals surface area (Å²) in [6, 6.07) is 0. The Labute approximate surface area is 100 Å². The first-order valence-electron chi connectivity index (χ1n) is 6.00. The van der Waals surface area contributed by atoms with E-state index in [1.807, 2.05) is 4.90 Å². The Morgan fingerprint density at radius 3 is 3.06 bits per heavy atom. The summed E-state index contributed by atoms with van der Waals surface area (Å²) in [6.07, 6.45) is 4.89. The number of amides is 1. The molecule has 0 radical (unpaired) electrons. The Morgan fingerprint density at radius 2 is 2.38 bits per heavy atom. The molecule has 1 fully saturated rings. The molecule has 2 heterocycles. The quantitative estimate of drug-likeness (QED) is 0.788. The molecule has 0 aliphatic carbocycles. The maximum absolute atomic E-state index is 11.4. The van der Waals surface area contributed by atoms with Gasteiger partial charge in [-0.25, -0.2) is 4.98 Å². The van der Waals surface area contributed by atoms with Crippen LogP contribution in [0.2, 0.25) is 0 Å². The summed E-state index contributed by atoms with van der Waals surface area (Å²) in [5.41, 5.74) is 1.20. The van der Waals surface area contributed by atoms with Crippen molar-refractivity contribution in [2.45, 2.75) is 39.0 Å². The van der Waals surface area contributed by atoms with E-state index < -0.39 is 0 Å². The standard InChI is InChI=1S/C12H18N2OS/c1-2-4-10-9-16-11(13-10)6-8-14-7-3-5-12(14)15/h9H,2-8H2,1H3. The number of aryl methyl sites for hydroxylation is 1. The molecule has 0 unspecified atom stereocenters. The van der Waals surface area contributed by atoms with E-state index >= 15 is 0 Å². The average molecular weight is 238 g/mol. The molecule has 0 atom stereocenters. The van der Waals surface area contributed by atoms with Gasteiger partial charge in [0.15, 0.2) is 0 Å². The Hall–Kier alpha value is -0.900. The van der Waals surface area contributed by atoms with Crippen LogP contribution in [0.15, 0.2) is 5.38 Å². The molecule has 2 rings (SSSR count). The lowest BCUT2D eigenvalue weighted by Gasteiger charge is -2.13. The molecule has 0 aromatic carbocycles. The van der Waals surface area contributed by atoms with Crippen LogP contribution in [0.1, 0.15) is 36.9 Å². The van der Waals surface area contributed by atoms with Crippen LogP contribution >= 0.6 is 11.3 Å². The molecule has 0 bridgehead atoms. The predicted molar refractivity (Wildman–Crippen MR) is 65.6 cm³/mol. The SMILES string of the molecule is CCCc1csc(CCN2CCCC2=O)n1. The minimum absolute atomic E-state index is 0.310. The highest BCUT2D eigenvalue weighted by atomic mass is 32.1. The molecule has 3 nitrogen and oxygen atoms in total. The second-order valence-corrected chi connectivity index (χ2v) is 5.16. The molecule has 1 aliphatic rings. The second kappa shape index (κ2) is 5.43. The van der Waals surface area contributed by atoms with Crippen LogP contribution in [0, 0.1) is 0 Å². The molecular formula is C12H18N2OS. The highest BCUT2D eigenvalue weighted by Gasteiger charge is 2.19. The van der Waals surface area contributed by atoms with Gasteiger partial charge in [0.2, 0.25) is 5.91 Å². The van der Waals surface area contributed by atoms with Crippen molar-refractivity contribution in [2.24, 2.45) is 0 Å². The van der Waals surface area contributed by atoms with Crippen LogP contribution in [0.25, 0.3) is 0 Å². The van der Waals surface area contributed by atoms with Gasteiger partial charge < -0.3 is 4.90 Å². The van der Waals surface area contributed by atoms with Gasteiger partial charge in [-0.15, -0.1) is 11.3 Å². The van der Waals surface area contributed by atoms with Crippen molar-refractivity contribution in [1.29, 1.82) is 0 Å². The molecule has 0 N–H and O–H groups in total. The molecule has 1 saturated heterocycles. The van der Waals surface area contributed by atoms with Crippen molar-refractivity contribution >= 4 is 17.2 Å². The summed E-state index contributed by atoms with van der Waals surface area (Å²) in [6.45, 7) is 3.95. The van der Waals surface area contributed by atoms with Gasteiger partial charge in [0.25, 0.3) is 0 Å². The van der Waals surface area contributed by atoms with Crippen molar-refractivity contribution < 1.29 is 4.79 Å². The van der Waals surface area contributed by atoms with E-state index in [4.69, 9.17) is 0 Å². The van der Waals surface area contributed by atoms with Crippen LogP contribution in [0.3, 0.4) is 0 Å². The number of likely N-dealkylation sites (tertiary alicyclic amines) is 1. The topological polar surface area (TPSA) is 33.2 Å². The first kappa shape index (κ1) is 11.6. The van der Waals surface area contributed by atoms with Crippen molar-refractivity contribution in [2.75, 3.05) is 13.1 Å². The molecule has 0 saturated carbocycles. The molecule has 16 heavy (non-hydrogen) atoms. The van der Waals surface area contributed by atoms with E-state index in [0.717, 1.165) is 45.2 Å². The van der Waals surface area contributed by atoms with Crippen molar-refractivity contribution in [3.05, 3.63) is 16.1 Å². The molecule has 1 amide bonds. The van der Waals surface area contributed by atoms with Crippen LogP contribution in [-0.2, 0) is 17.6 Å². The molecule has 0 spiro atoms. The normalized spacial score (nSPS) is 16.1. The number of rotatable bonds is 5. The number of nitrogens with zero attached hydrogens (tertiary/aromatic N) is 2. The van der Waals surface area contributed by atoms with Crippen LogP contribution < -0.4 is 0 Å². The zero-order valence-electron chi connectivity index (χ0n) is 9.74. The first-order valence-corrected chi connectivity index (χ1v) is 6.88. The summed E-state index contributed by atoms with van der Waals surface area (Å²) < 4.78 is 0. The summed E-state index contributed by atoms with van der Waals surface area (Å²) >= 11 is 1.73. The number of carbonyl (C=O) groups is 1. The first-order chi connectivity index (χ1) is 7.79. The highest BCUT2D eigenvalue weighted by molar-refractivity contribution is 7.09. The number of thiazole rings is 1. The summed E-state index contributed by atoms with van der Waals surface area (Å²) in [5.74, 6) is 0.310. The van der Waals surface area contributed by atoms with Crippen LogP contribution in [-0.4, -0.2) is 28.9 Å². The molecular weight excluding hydrogens is 220 g/mol. The fourth-order valence-corrected chi connectivity index (χ4v) is 2.83. The van der Waals surface area contributed by atoms with Gasteiger partial charge in [-0.3, -0.25) is 4.79 Å². The number of aromatic nitrogens is 1. The van der Waals surface area contributed by atoms with E-state index in [1.54, 1.807) is 11.3 Å². The van der Waals surface area contributed by atoms with Gasteiger partial charge in [-0.1, -0.05) is 13.3 Å². The van der Waals surface area contributed by atoms with E-state index in [0.29, 0.717) is 5.91 Å². The van der Waals surface area contributed by atoms with Gasteiger partial charge in [0, 0.05) is 31.3 Å².